The van der Waals surface area contributed by atoms with E-state index in [0.717, 1.165) is 6.07 Å². The Morgan fingerprint density at radius 2 is 1.62 bits per heavy atom. The fourth-order valence-electron chi connectivity index (χ4n) is 2.70. The van der Waals surface area contributed by atoms with Gasteiger partial charge in [-0.15, -0.1) is 0 Å². The standard InChI is InChI=1S/C16H18O8/c17-6-11-13(20)14(21)15(22)16(24-11)23-10-5-9(18)12(19)8-4-2-1-3-7(8)10/h1-5,11,13-22H,6H2/t11-,13-,14-,15-,16-/m0/s1. The Morgan fingerprint density at radius 1 is 0.958 bits per heavy atom. The molecule has 0 radical (unpaired) electrons. The van der Waals surface area contributed by atoms with Gasteiger partial charge in [0.05, 0.1) is 6.61 Å². The summed E-state index contributed by atoms with van der Waals surface area (Å²) in [7, 11) is 0. The highest BCUT2D eigenvalue weighted by Crippen LogP contribution is 2.40. The molecule has 8 heteroatoms. The molecule has 0 aromatic heterocycles. The van der Waals surface area contributed by atoms with E-state index in [9.17, 15) is 30.6 Å². The first kappa shape index (κ1) is 16.7. The smallest absolute Gasteiger partial charge is 0.229 e. The van der Waals surface area contributed by atoms with Gasteiger partial charge in [-0.2, -0.15) is 0 Å². The van der Waals surface area contributed by atoms with Crippen LogP contribution in [0.4, 0.5) is 0 Å². The van der Waals surface area contributed by atoms with Gasteiger partial charge in [0.2, 0.25) is 6.29 Å². The largest absolute Gasteiger partial charge is 0.504 e. The van der Waals surface area contributed by atoms with Crippen molar-refractivity contribution in [3.05, 3.63) is 30.3 Å². The van der Waals surface area contributed by atoms with E-state index < -0.39 is 43.1 Å². The Hall–Kier alpha value is -2.10. The molecular weight excluding hydrogens is 320 g/mol. The summed E-state index contributed by atoms with van der Waals surface area (Å²) < 4.78 is 10.8. The van der Waals surface area contributed by atoms with Crippen molar-refractivity contribution in [2.45, 2.75) is 30.7 Å². The van der Waals surface area contributed by atoms with E-state index in [2.05, 4.69) is 0 Å². The zero-order chi connectivity index (χ0) is 17.4. The molecule has 8 nitrogen and oxygen atoms in total. The van der Waals surface area contributed by atoms with Crippen LogP contribution in [0.15, 0.2) is 30.3 Å². The summed E-state index contributed by atoms with van der Waals surface area (Å²) in [6.07, 6.45) is -7.12. The number of hydrogen-bond acceptors (Lipinski definition) is 8. The highest BCUT2D eigenvalue weighted by molar-refractivity contribution is 5.95. The van der Waals surface area contributed by atoms with Crippen molar-refractivity contribution >= 4 is 10.8 Å². The van der Waals surface area contributed by atoms with Gasteiger partial charge < -0.3 is 40.1 Å². The lowest BCUT2D eigenvalue weighted by Gasteiger charge is -2.39. The van der Waals surface area contributed by atoms with Crippen LogP contribution in [0.1, 0.15) is 0 Å². The molecular formula is C16H18O8. The first-order chi connectivity index (χ1) is 11.4. The molecule has 2 aromatic carbocycles. The van der Waals surface area contributed by atoms with Crippen molar-refractivity contribution in [3.63, 3.8) is 0 Å². The zero-order valence-corrected chi connectivity index (χ0v) is 12.5. The number of ether oxygens (including phenoxy) is 2. The lowest BCUT2D eigenvalue weighted by molar-refractivity contribution is -0.277. The molecule has 2 aromatic rings. The quantitative estimate of drug-likeness (QED) is 0.409. The molecule has 0 unspecified atom stereocenters. The van der Waals surface area contributed by atoms with E-state index in [4.69, 9.17) is 9.47 Å². The van der Waals surface area contributed by atoms with Crippen molar-refractivity contribution in [1.29, 1.82) is 0 Å². The summed E-state index contributed by atoms with van der Waals surface area (Å²) in [5, 5.41) is 59.3. The van der Waals surface area contributed by atoms with Gasteiger partial charge in [-0.05, 0) is 0 Å². The lowest BCUT2D eigenvalue weighted by Crippen LogP contribution is -2.60. The van der Waals surface area contributed by atoms with Crippen molar-refractivity contribution in [3.8, 4) is 17.2 Å². The summed E-state index contributed by atoms with van der Waals surface area (Å²) >= 11 is 0. The number of phenolic OH excluding ortho intramolecular Hbond substituents is 2. The average molecular weight is 338 g/mol. The molecule has 1 heterocycles. The summed E-state index contributed by atoms with van der Waals surface area (Å²) in [6, 6.07) is 7.72. The number of aromatic hydroxyl groups is 2. The third-order valence-corrected chi connectivity index (χ3v) is 4.05. The highest BCUT2D eigenvalue weighted by atomic mass is 16.7. The van der Waals surface area contributed by atoms with Crippen LogP contribution in [-0.2, 0) is 4.74 Å². The molecule has 0 aliphatic carbocycles. The van der Waals surface area contributed by atoms with E-state index in [1.165, 1.54) is 0 Å². The molecule has 130 valence electrons. The van der Waals surface area contributed by atoms with E-state index >= 15 is 0 Å². The second kappa shape index (κ2) is 6.42. The minimum absolute atomic E-state index is 0.102. The maximum atomic E-state index is 10.0. The van der Waals surface area contributed by atoms with Crippen molar-refractivity contribution in [2.24, 2.45) is 0 Å². The third kappa shape index (κ3) is 2.74. The van der Waals surface area contributed by atoms with Crippen molar-refractivity contribution in [1.82, 2.24) is 0 Å². The van der Waals surface area contributed by atoms with Gasteiger partial charge in [-0.1, -0.05) is 24.3 Å². The molecule has 0 spiro atoms. The summed E-state index contributed by atoms with van der Waals surface area (Å²) in [4.78, 5) is 0. The monoisotopic (exact) mass is 338 g/mol. The molecule has 1 aliphatic heterocycles. The summed E-state index contributed by atoms with van der Waals surface area (Å²) in [5.74, 6) is -0.634. The molecule has 5 atom stereocenters. The normalized spacial score (nSPS) is 30.4. The highest BCUT2D eigenvalue weighted by Gasteiger charge is 2.44. The van der Waals surface area contributed by atoms with Crippen LogP contribution in [0.3, 0.4) is 0 Å². The van der Waals surface area contributed by atoms with Gasteiger partial charge in [0.15, 0.2) is 11.5 Å². The minimum Gasteiger partial charge on any atom is -0.504 e. The van der Waals surface area contributed by atoms with Crippen LogP contribution in [0.5, 0.6) is 17.2 Å². The first-order valence-corrected chi connectivity index (χ1v) is 7.35. The minimum atomic E-state index is -1.57. The number of hydrogen-bond donors (Lipinski definition) is 6. The molecule has 1 fully saturated rings. The fourth-order valence-corrected chi connectivity index (χ4v) is 2.70. The number of fused-ring (bicyclic) bond motifs is 1. The van der Waals surface area contributed by atoms with Crippen LogP contribution < -0.4 is 4.74 Å². The Morgan fingerprint density at radius 3 is 2.29 bits per heavy atom. The predicted octanol–water partition coefficient (Wildman–Crippen LogP) is -0.570. The van der Waals surface area contributed by atoms with E-state index in [1.54, 1.807) is 24.3 Å². The second-order valence-electron chi connectivity index (χ2n) is 5.60. The van der Waals surface area contributed by atoms with E-state index in [1.807, 2.05) is 0 Å². The van der Waals surface area contributed by atoms with Gasteiger partial charge in [-0.25, -0.2) is 0 Å². The van der Waals surface area contributed by atoms with Crippen LogP contribution in [0.2, 0.25) is 0 Å². The number of aliphatic hydroxyl groups excluding tert-OH is 4. The molecule has 3 rings (SSSR count). The summed E-state index contributed by atoms with van der Waals surface area (Å²) in [5.41, 5.74) is 0. The van der Waals surface area contributed by atoms with Gasteiger partial charge in [0, 0.05) is 16.8 Å². The van der Waals surface area contributed by atoms with Crippen molar-refractivity contribution in [2.75, 3.05) is 6.61 Å². The Bertz CT molecular complexity index is 731. The zero-order valence-electron chi connectivity index (χ0n) is 12.5. The molecule has 1 saturated heterocycles. The van der Waals surface area contributed by atoms with Gasteiger partial charge >= 0.3 is 0 Å². The number of benzene rings is 2. The van der Waals surface area contributed by atoms with Gasteiger partial charge in [0.1, 0.15) is 30.2 Å². The predicted molar refractivity (Wildman–Crippen MR) is 81.7 cm³/mol. The van der Waals surface area contributed by atoms with Crippen LogP contribution in [-0.4, -0.2) is 68.0 Å². The molecule has 0 saturated carbocycles. The molecule has 6 N–H and O–H groups in total. The molecule has 0 bridgehead atoms. The van der Waals surface area contributed by atoms with Crippen molar-refractivity contribution < 1.29 is 40.1 Å². The number of phenols is 2. The summed E-state index contributed by atoms with van der Waals surface area (Å²) in [6.45, 7) is -0.577. The average Bonchev–Trinajstić information content (AvgIpc) is 2.59. The Labute approximate surface area is 136 Å². The number of rotatable bonds is 3. The van der Waals surface area contributed by atoms with Crippen LogP contribution in [0, 0.1) is 0 Å². The van der Waals surface area contributed by atoms with Crippen LogP contribution >= 0.6 is 0 Å². The fraction of sp³-hybridized carbons (Fsp3) is 0.375. The van der Waals surface area contributed by atoms with Gasteiger partial charge in [0.25, 0.3) is 0 Å². The number of aliphatic hydroxyl groups is 4. The topological polar surface area (TPSA) is 140 Å². The molecule has 1 aliphatic rings. The maximum Gasteiger partial charge on any atom is 0.229 e. The Kier molecular flexibility index (Phi) is 4.48. The van der Waals surface area contributed by atoms with E-state index in [0.29, 0.717) is 10.8 Å². The van der Waals surface area contributed by atoms with E-state index in [-0.39, 0.29) is 11.5 Å². The lowest BCUT2D eigenvalue weighted by atomic mass is 9.99. The third-order valence-electron chi connectivity index (χ3n) is 4.05. The molecule has 24 heavy (non-hydrogen) atoms. The Balaban J connectivity index is 1.96. The molecule has 0 amide bonds. The SMILES string of the molecule is OC[C@@H]1O[C@H](Oc2cc(O)c(O)c3ccccc23)[C@@H](O)[C@@H](O)[C@H]1O. The first-order valence-electron chi connectivity index (χ1n) is 7.35. The maximum absolute atomic E-state index is 10.0. The van der Waals surface area contributed by atoms with Crippen LogP contribution in [0.25, 0.3) is 10.8 Å². The van der Waals surface area contributed by atoms with Gasteiger partial charge in [-0.3, -0.25) is 0 Å². The second-order valence-corrected chi connectivity index (χ2v) is 5.60.